The Morgan fingerprint density at radius 3 is 1.84 bits per heavy atom. The molecular formula is C55H36N4OS. The monoisotopic (exact) mass is 800 g/mol. The van der Waals surface area contributed by atoms with Crippen LogP contribution in [0.5, 0.6) is 0 Å². The average molecular weight is 801 g/mol. The van der Waals surface area contributed by atoms with Gasteiger partial charge in [0.15, 0.2) is 17.5 Å². The maximum atomic E-state index is 6.43. The molecule has 0 aliphatic heterocycles. The van der Waals surface area contributed by atoms with Crippen molar-refractivity contribution in [1.29, 1.82) is 0 Å². The van der Waals surface area contributed by atoms with Crippen LogP contribution in [-0.4, -0.2) is 19.9 Å². The first kappa shape index (κ1) is 36.3. The van der Waals surface area contributed by atoms with Gasteiger partial charge in [-0.3, -0.25) is 0 Å². The molecule has 0 fully saturated rings. The number of hydrogen-bond acceptors (Lipinski definition) is 6. The number of hydrogen-bond donors (Lipinski definition) is 0. The maximum Gasteiger partial charge on any atom is 0.164 e. The third-order valence-corrected chi connectivity index (χ3v) is 12.5. The number of pyridine rings is 1. The molecule has 0 spiro atoms. The van der Waals surface area contributed by atoms with Gasteiger partial charge in [-0.1, -0.05) is 176 Å². The molecule has 0 bridgehead atoms. The SMILES string of the molecule is C=C/C=C\c1oc2c(-c3cccc(-c4nc(-c5ccccc5)nc(-c5ccc(-c6nc7c(-c8ccccc8)cccc7c7c6sc6ccccc67)cc5)n4)c3)cccc2c1C. The second-order valence-electron chi connectivity index (χ2n) is 15.0. The van der Waals surface area contributed by atoms with Gasteiger partial charge in [-0.2, -0.15) is 0 Å². The summed E-state index contributed by atoms with van der Waals surface area (Å²) in [6.07, 6.45) is 5.61. The minimum absolute atomic E-state index is 0.587. The van der Waals surface area contributed by atoms with Gasteiger partial charge >= 0.3 is 0 Å². The Balaban J connectivity index is 1.04. The Hall–Kier alpha value is -7.80. The fourth-order valence-electron chi connectivity index (χ4n) is 8.31. The fraction of sp³-hybridized carbons (Fsp3) is 0.0182. The molecule has 5 nitrogen and oxygen atoms in total. The molecule has 288 valence electrons. The lowest BCUT2D eigenvalue weighted by Crippen LogP contribution is -2.00. The van der Waals surface area contributed by atoms with Crippen molar-refractivity contribution in [1.82, 2.24) is 19.9 Å². The molecule has 0 saturated carbocycles. The van der Waals surface area contributed by atoms with Crippen LogP contribution in [0.2, 0.25) is 0 Å². The highest BCUT2D eigenvalue weighted by Crippen LogP contribution is 2.45. The van der Waals surface area contributed by atoms with Crippen LogP contribution >= 0.6 is 11.3 Å². The van der Waals surface area contributed by atoms with Crippen LogP contribution in [0.15, 0.2) is 193 Å². The highest BCUT2D eigenvalue weighted by Gasteiger charge is 2.20. The zero-order valence-corrected chi connectivity index (χ0v) is 34.0. The van der Waals surface area contributed by atoms with Crippen LogP contribution in [0.1, 0.15) is 11.3 Å². The number of allylic oxidation sites excluding steroid dienone is 2. The van der Waals surface area contributed by atoms with Gasteiger partial charge in [0.25, 0.3) is 0 Å². The van der Waals surface area contributed by atoms with E-state index in [0.29, 0.717) is 17.5 Å². The van der Waals surface area contributed by atoms with E-state index in [1.165, 1.54) is 20.2 Å². The van der Waals surface area contributed by atoms with Crippen LogP contribution in [0.4, 0.5) is 0 Å². The van der Waals surface area contributed by atoms with Crippen molar-refractivity contribution in [2.45, 2.75) is 6.92 Å². The average Bonchev–Trinajstić information content (AvgIpc) is 3.88. The molecule has 11 rings (SSSR count). The summed E-state index contributed by atoms with van der Waals surface area (Å²) in [7, 11) is 0. The molecular weight excluding hydrogens is 765 g/mol. The maximum absolute atomic E-state index is 6.43. The highest BCUT2D eigenvalue weighted by molar-refractivity contribution is 7.26. The molecule has 0 aliphatic rings. The van der Waals surface area contributed by atoms with Crippen molar-refractivity contribution >= 4 is 59.5 Å². The number of nitrogens with zero attached hydrogens (tertiary/aromatic N) is 4. The molecule has 61 heavy (non-hydrogen) atoms. The van der Waals surface area contributed by atoms with Crippen molar-refractivity contribution in [3.63, 3.8) is 0 Å². The van der Waals surface area contributed by atoms with E-state index in [1.807, 2.05) is 48.6 Å². The Morgan fingerprint density at radius 1 is 0.508 bits per heavy atom. The Labute approximate surface area is 356 Å². The first-order valence-corrected chi connectivity index (χ1v) is 21.1. The van der Waals surface area contributed by atoms with Crippen molar-refractivity contribution in [2.24, 2.45) is 0 Å². The van der Waals surface area contributed by atoms with Crippen LogP contribution < -0.4 is 0 Å². The number of fused-ring (bicyclic) bond motifs is 6. The quantitative estimate of drug-likeness (QED) is 0.143. The summed E-state index contributed by atoms with van der Waals surface area (Å²) >= 11 is 1.80. The van der Waals surface area contributed by atoms with Crippen molar-refractivity contribution in [3.05, 3.63) is 200 Å². The Bertz CT molecular complexity index is 3490. The predicted octanol–water partition coefficient (Wildman–Crippen LogP) is 15.0. The normalized spacial score (nSPS) is 11.7. The van der Waals surface area contributed by atoms with E-state index in [9.17, 15) is 0 Å². The van der Waals surface area contributed by atoms with Crippen LogP contribution in [-0.2, 0) is 0 Å². The van der Waals surface area contributed by atoms with Gasteiger partial charge in [-0.05, 0) is 36.3 Å². The van der Waals surface area contributed by atoms with E-state index in [2.05, 4.69) is 147 Å². The van der Waals surface area contributed by atoms with Gasteiger partial charge in [-0.25, -0.2) is 19.9 Å². The van der Waals surface area contributed by atoms with Crippen LogP contribution in [0.25, 0.3) is 116 Å². The number of thiophene rings is 1. The summed E-state index contributed by atoms with van der Waals surface area (Å²) in [5.74, 6) is 2.60. The summed E-state index contributed by atoms with van der Waals surface area (Å²) in [6.45, 7) is 5.91. The largest absolute Gasteiger partial charge is 0.456 e. The number of benzene rings is 7. The minimum Gasteiger partial charge on any atom is -0.456 e. The zero-order valence-electron chi connectivity index (χ0n) is 33.2. The first-order valence-electron chi connectivity index (χ1n) is 20.2. The van der Waals surface area contributed by atoms with Gasteiger partial charge < -0.3 is 4.42 Å². The zero-order chi connectivity index (χ0) is 40.9. The van der Waals surface area contributed by atoms with Crippen LogP contribution in [0, 0.1) is 6.92 Å². The minimum atomic E-state index is 0.587. The fourth-order valence-corrected chi connectivity index (χ4v) is 9.54. The standard InChI is InChI=1S/C55H36N4OS/c1-3-4-27-46-34(2)41-23-14-25-43(51(41)60-46)39-20-13-21-40(33-39)55-58-53(37-18-9-6-10-19-37)57-54(59-55)38-31-29-36(30-32-38)49-52-48(44-22-11-12-28-47(44)61-52)45-26-15-24-42(50(45)56-49)35-16-7-5-8-17-35/h3-33H,1H2,2H3/b27-4-. The first-order chi connectivity index (χ1) is 30.1. The number of rotatable bonds is 8. The molecule has 7 aromatic carbocycles. The Kier molecular flexibility index (Phi) is 8.98. The van der Waals surface area contributed by atoms with E-state index >= 15 is 0 Å². The highest BCUT2D eigenvalue weighted by atomic mass is 32.1. The molecule has 0 saturated heterocycles. The third kappa shape index (κ3) is 6.41. The molecule has 4 heterocycles. The molecule has 11 aromatic rings. The Morgan fingerprint density at radius 2 is 1.08 bits per heavy atom. The molecule has 4 aromatic heterocycles. The summed E-state index contributed by atoms with van der Waals surface area (Å²) < 4.78 is 8.85. The second kappa shape index (κ2) is 15.1. The smallest absolute Gasteiger partial charge is 0.164 e. The molecule has 6 heteroatoms. The van der Waals surface area contributed by atoms with Gasteiger partial charge in [-0.15, -0.1) is 11.3 Å². The van der Waals surface area contributed by atoms with Crippen LogP contribution in [0.3, 0.4) is 0 Å². The third-order valence-electron chi connectivity index (χ3n) is 11.3. The van der Waals surface area contributed by atoms with Gasteiger partial charge in [0.2, 0.25) is 0 Å². The predicted molar refractivity (Wildman–Crippen MR) is 254 cm³/mol. The van der Waals surface area contributed by atoms with Crippen molar-refractivity contribution in [2.75, 3.05) is 0 Å². The molecule has 0 aliphatic carbocycles. The number of aryl methyl sites for hydroxylation is 1. The van der Waals surface area contributed by atoms with Gasteiger partial charge in [0.05, 0.1) is 15.9 Å². The summed E-state index contributed by atoms with van der Waals surface area (Å²) in [4.78, 5) is 20.7. The second-order valence-corrected chi connectivity index (χ2v) is 16.1. The summed E-state index contributed by atoms with van der Waals surface area (Å²) in [6, 6.07) is 58.9. The van der Waals surface area contributed by atoms with E-state index in [4.69, 9.17) is 24.4 Å². The van der Waals surface area contributed by atoms with Crippen molar-refractivity contribution < 1.29 is 4.42 Å². The van der Waals surface area contributed by atoms with E-state index in [-0.39, 0.29) is 0 Å². The van der Waals surface area contributed by atoms with Crippen molar-refractivity contribution in [3.8, 4) is 67.7 Å². The van der Waals surface area contributed by atoms with E-state index < -0.39 is 0 Å². The lowest BCUT2D eigenvalue weighted by atomic mass is 9.97. The molecule has 0 radical (unpaired) electrons. The van der Waals surface area contributed by atoms with E-state index in [1.54, 1.807) is 17.4 Å². The number of furan rings is 1. The number of aromatic nitrogens is 4. The summed E-state index contributed by atoms with van der Waals surface area (Å²) in [5.41, 5.74) is 11.9. The molecule has 0 atom stereocenters. The van der Waals surface area contributed by atoms with E-state index in [0.717, 1.165) is 83.4 Å². The lowest BCUT2D eigenvalue weighted by Gasteiger charge is -2.12. The molecule has 0 unspecified atom stereocenters. The number of para-hydroxylation sites is 2. The summed E-state index contributed by atoms with van der Waals surface area (Å²) in [5, 5.41) is 4.72. The molecule has 0 N–H and O–H groups in total. The lowest BCUT2D eigenvalue weighted by molar-refractivity contribution is 0.602. The van der Waals surface area contributed by atoms with Gasteiger partial charge in [0.1, 0.15) is 11.3 Å². The molecule has 0 amide bonds. The van der Waals surface area contributed by atoms with Gasteiger partial charge in [0, 0.05) is 65.2 Å². The topological polar surface area (TPSA) is 64.7 Å².